The van der Waals surface area contributed by atoms with Gasteiger partial charge in [-0.25, -0.2) is 0 Å². The lowest BCUT2D eigenvalue weighted by Gasteiger charge is -2.23. The number of hydrogen-bond acceptors (Lipinski definition) is 4. The van der Waals surface area contributed by atoms with E-state index in [9.17, 15) is 9.90 Å². The van der Waals surface area contributed by atoms with Crippen LogP contribution in [0.2, 0.25) is 0 Å². The third-order valence-electron chi connectivity index (χ3n) is 4.08. The van der Waals surface area contributed by atoms with Gasteiger partial charge in [0.25, 0.3) is 0 Å². The van der Waals surface area contributed by atoms with Gasteiger partial charge < -0.3 is 20.5 Å². The first-order valence-electron chi connectivity index (χ1n) is 8.22. The number of nitrogens with one attached hydrogen (secondary N) is 2. The molecule has 1 aliphatic rings. The second kappa shape index (κ2) is 9.37. The van der Waals surface area contributed by atoms with E-state index >= 15 is 0 Å². The molecule has 1 saturated heterocycles. The maximum absolute atomic E-state index is 11.9. The van der Waals surface area contributed by atoms with Gasteiger partial charge in [-0.15, -0.1) is 12.4 Å². The number of carbonyl (C=O) groups excluding carboxylic acids is 1. The molecule has 1 fully saturated rings. The minimum Gasteiger partial charge on any atom is -0.387 e. The molecule has 3 N–H and O–H groups in total. The molecule has 1 heterocycles. The van der Waals surface area contributed by atoms with Gasteiger partial charge >= 0.3 is 0 Å². The highest BCUT2D eigenvalue weighted by Crippen LogP contribution is 2.23. The van der Waals surface area contributed by atoms with Gasteiger partial charge in [-0.2, -0.15) is 0 Å². The fourth-order valence-electron chi connectivity index (χ4n) is 2.58. The molecular formula is C18H29ClN2O3. The van der Waals surface area contributed by atoms with Crippen LogP contribution < -0.4 is 10.6 Å². The number of benzene rings is 1. The van der Waals surface area contributed by atoms with Crippen LogP contribution in [0.4, 0.5) is 0 Å². The molecule has 1 aliphatic heterocycles. The maximum atomic E-state index is 11.9. The predicted molar refractivity (Wildman–Crippen MR) is 97.6 cm³/mol. The van der Waals surface area contributed by atoms with Gasteiger partial charge in [-0.3, -0.25) is 4.79 Å². The van der Waals surface area contributed by atoms with E-state index < -0.39 is 6.10 Å². The van der Waals surface area contributed by atoms with E-state index in [0.29, 0.717) is 19.6 Å². The van der Waals surface area contributed by atoms with Crippen molar-refractivity contribution in [3.8, 4) is 0 Å². The van der Waals surface area contributed by atoms with Crippen molar-refractivity contribution in [1.82, 2.24) is 10.6 Å². The highest BCUT2D eigenvalue weighted by atomic mass is 35.5. The normalized spacial score (nSPS) is 19.2. The Morgan fingerprint density at radius 1 is 1.38 bits per heavy atom. The molecule has 0 spiro atoms. The summed E-state index contributed by atoms with van der Waals surface area (Å²) in [6, 6.07) is 7.97. The summed E-state index contributed by atoms with van der Waals surface area (Å²) in [6.07, 6.45) is -0.320. The van der Waals surface area contributed by atoms with Gasteiger partial charge in [0.2, 0.25) is 5.91 Å². The third kappa shape index (κ3) is 6.40. The van der Waals surface area contributed by atoms with E-state index in [4.69, 9.17) is 4.74 Å². The number of halogens is 1. The van der Waals surface area contributed by atoms with Crippen LogP contribution in [0.5, 0.6) is 0 Å². The lowest BCUT2D eigenvalue weighted by atomic mass is 9.86. The van der Waals surface area contributed by atoms with Gasteiger partial charge in [0.15, 0.2) is 0 Å². The van der Waals surface area contributed by atoms with Gasteiger partial charge in [0, 0.05) is 25.6 Å². The predicted octanol–water partition coefficient (Wildman–Crippen LogP) is 1.93. The molecule has 6 heteroatoms. The Balaban J connectivity index is 0.00000288. The van der Waals surface area contributed by atoms with Crippen LogP contribution in [-0.4, -0.2) is 43.4 Å². The topological polar surface area (TPSA) is 70.6 Å². The first-order valence-corrected chi connectivity index (χ1v) is 8.22. The number of amides is 1. The zero-order chi connectivity index (χ0) is 16.9. The number of hydrogen-bond donors (Lipinski definition) is 3. The zero-order valence-corrected chi connectivity index (χ0v) is 15.5. The van der Waals surface area contributed by atoms with E-state index in [-0.39, 0.29) is 36.3 Å². The summed E-state index contributed by atoms with van der Waals surface area (Å²) in [7, 11) is 0. The van der Waals surface area contributed by atoms with E-state index in [1.54, 1.807) is 0 Å². The van der Waals surface area contributed by atoms with Crippen LogP contribution in [0.3, 0.4) is 0 Å². The molecule has 2 unspecified atom stereocenters. The lowest BCUT2D eigenvalue weighted by Crippen LogP contribution is -2.44. The standard InChI is InChI=1S/C18H28N2O3.ClH/c1-18(2,3)14-6-4-13(5-7-14)16(21)11-20-17(22)10-15-12-23-9-8-19-15;/h4-7,15-16,19,21H,8-12H2,1-3H3,(H,20,22);1H. The van der Waals surface area contributed by atoms with E-state index in [2.05, 4.69) is 31.4 Å². The number of ether oxygens (including phenoxy) is 1. The first-order chi connectivity index (χ1) is 10.9. The molecule has 2 rings (SSSR count). The van der Waals surface area contributed by atoms with Crippen molar-refractivity contribution in [1.29, 1.82) is 0 Å². The van der Waals surface area contributed by atoms with E-state index in [1.165, 1.54) is 5.56 Å². The Bertz CT molecular complexity index is 508. The Morgan fingerprint density at radius 3 is 2.58 bits per heavy atom. The summed E-state index contributed by atoms with van der Waals surface area (Å²) in [4.78, 5) is 11.9. The van der Waals surface area contributed by atoms with Crippen LogP contribution in [0.15, 0.2) is 24.3 Å². The second-order valence-electron chi connectivity index (χ2n) is 7.12. The number of aliphatic hydroxyl groups excluding tert-OH is 1. The van der Waals surface area contributed by atoms with Crippen molar-refractivity contribution in [2.45, 2.75) is 44.8 Å². The summed E-state index contributed by atoms with van der Waals surface area (Å²) in [5.41, 5.74) is 2.13. The molecule has 136 valence electrons. The summed E-state index contributed by atoms with van der Waals surface area (Å²) in [5.74, 6) is -0.0710. The Labute approximate surface area is 150 Å². The molecule has 0 aromatic heterocycles. The van der Waals surface area contributed by atoms with Crippen molar-refractivity contribution in [3.63, 3.8) is 0 Å². The van der Waals surface area contributed by atoms with Crippen molar-refractivity contribution in [2.24, 2.45) is 0 Å². The summed E-state index contributed by atoms with van der Waals surface area (Å²) in [6.45, 7) is 8.72. The number of rotatable bonds is 5. The summed E-state index contributed by atoms with van der Waals surface area (Å²) in [5, 5.41) is 16.2. The lowest BCUT2D eigenvalue weighted by molar-refractivity contribution is -0.122. The average molecular weight is 357 g/mol. The summed E-state index contributed by atoms with van der Waals surface area (Å²) >= 11 is 0. The Kier molecular flexibility index (Phi) is 8.16. The fourth-order valence-corrected chi connectivity index (χ4v) is 2.58. The molecule has 1 aromatic rings. The van der Waals surface area contributed by atoms with Crippen molar-refractivity contribution >= 4 is 18.3 Å². The van der Waals surface area contributed by atoms with Crippen LogP contribution in [-0.2, 0) is 14.9 Å². The molecule has 5 nitrogen and oxygen atoms in total. The van der Waals surface area contributed by atoms with Gasteiger partial charge in [0.1, 0.15) is 0 Å². The number of aliphatic hydroxyl groups is 1. The highest BCUT2D eigenvalue weighted by Gasteiger charge is 2.18. The monoisotopic (exact) mass is 356 g/mol. The smallest absolute Gasteiger partial charge is 0.221 e. The maximum Gasteiger partial charge on any atom is 0.221 e. The molecule has 0 saturated carbocycles. The molecule has 0 radical (unpaired) electrons. The largest absolute Gasteiger partial charge is 0.387 e. The number of carbonyl (C=O) groups is 1. The SMILES string of the molecule is CC(C)(C)c1ccc(C(O)CNC(=O)CC2COCCN2)cc1.Cl. The van der Waals surface area contributed by atoms with Gasteiger partial charge in [-0.05, 0) is 16.5 Å². The Hall–Kier alpha value is -1.14. The van der Waals surface area contributed by atoms with E-state index in [1.807, 2.05) is 24.3 Å². The Morgan fingerprint density at radius 2 is 2.04 bits per heavy atom. The fraction of sp³-hybridized carbons (Fsp3) is 0.611. The molecule has 0 aliphatic carbocycles. The van der Waals surface area contributed by atoms with Crippen molar-refractivity contribution in [2.75, 3.05) is 26.3 Å². The van der Waals surface area contributed by atoms with Crippen LogP contribution in [0.25, 0.3) is 0 Å². The highest BCUT2D eigenvalue weighted by molar-refractivity contribution is 5.85. The molecule has 24 heavy (non-hydrogen) atoms. The van der Waals surface area contributed by atoms with Gasteiger partial charge in [0.05, 0.1) is 19.3 Å². The minimum atomic E-state index is -0.691. The average Bonchev–Trinajstić information content (AvgIpc) is 2.53. The van der Waals surface area contributed by atoms with Crippen LogP contribution in [0.1, 0.15) is 44.4 Å². The minimum absolute atomic E-state index is 0. The first kappa shape index (κ1) is 20.9. The molecule has 1 amide bonds. The molecular weight excluding hydrogens is 328 g/mol. The van der Waals surface area contributed by atoms with Crippen molar-refractivity contribution in [3.05, 3.63) is 35.4 Å². The number of morpholine rings is 1. The molecule has 0 bridgehead atoms. The quantitative estimate of drug-likeness (QED) is 0.754. The molecule has 1 aromatic carbocycles. The second-order valence-corrected chi connectivity index (χ2v) is 7.12. The summed E-state index contributed by atoms with van der Waals surface area (Å²) < 4.78 is 5.32. The van der Waals surface area contributed by atoms with Gasteiger partial charge in [-0.1, -0.05) is 45.0 Å². The van der Waals surface area contributed by atoms with E-state index in [0.717, 1.165) is 12.1 Å². The van der Waals surface area contributed by atoms with Crippen LogP contribution >= 0.6 is 12.4 Å². The van der Waals surface area contributed by atoms with Crippen molar-refractivity contribution < 1.29 is 14.6 Å². The molecule has 2 atom stereocenters. The third-order valence-corrected chi connectivity index (χ3v) is 4.08. The van der Waals surface area contributed by atoms with Crippen LogP contribution in [0, 0.1) is 0 Å². The zero-order valence-electron chi connectivity index (χ0n) is 14.7.